The molecule has 0 bridgehead atoms. The van der Waals surface area contributed by atoms with Crippen molar-refractivity contribution in [2.75, 3.05) is 13.2 Å². The molecule has 24 heavy (non-hydrogen) atoms. The van der Waals surface area contributed by atoms with Crippen molar-refractivity contribution in [2.24, 2.45) is 0 Å². The Kier molecular flexibility index (Phi) is 6.90. The van der Waals surface area contributed by atoms with Crippen LogP contribution in [0.2, 0.25) is 0 Å². The highest BCUT2D eigenvalue weighted by atomic mass is 79.9. The van der Waals surface area contributed by atoms with Crippen LogP contribution in [0, 0.1) is 0 Å². The van der Waals surface area contributed by atoms with Crippen molar-refractivity contribution in [2.45, 2.75) is 6.54 Å². The zero-order valence-electron chi connectivity index (χ0n) is 13.1. The Hall–Kier alpha value is -2.24. The highest BCUT2D eigenvalue weighted by molar-refractivity contribution is 9.10. The van der Waals surface area contributed by atoms with Gasteiger partial charge in [-0.2, -0.15) is 0 Å². The summed E-state index contributed by atoms with van der Waals surface area (Å²) >= 11 is 3.31. The minimum absolute atomic E-state index is 0.132. The van der Waals surface area contributed by atoms with Crippen LogP contribution in [-0.2, 0) is 11.3 Å². The van der Waals surface area contributed by atoms with E-state index >= 15 is 0 Å². The fourth-order valence-corrected chi connectivity index (χ4v) is 2.42. The first-order valence-electron chi connectivity index (χ1n) is 7.52. The molecule has 0 spiro atoms. The molecule has 0 saturated heterocycles. The van der Waals surface area contributed by atoms with Gasteiger partial charge in [0.1, 0.15) is 0 Å². The predicted octanol–water partition coefficient (Wildman–Crippen LogP) is 3.21. The molecule has 2 aromatic carbocycles. The van der Waals surface area contributed by atoms with Crippen LogP contribution in [0.25, 0.3) is 0 Å². The molecule has 5 heteroatoms. The molecule has 0 aliphatic rings. The normalized spacial score (nSPS) is 10.8. The Labute approximate surface area is 149 Å². The van der Waals surface area contributed by atoms with Crippen LogP contribution in [0.1, 0.15) is 15.9 Å². The Bertz CT molecular complexity index is 711. The molecule has 1 amide bonds. The molecule has 0 radical (unpaired) electrons. The van der Waals surface area contributed by atoms with Crippen LogP contribution < -0.4 is 0 Å². The molecule has 0 saturated carbocycles. The number of carbonyl (C=O) groups is 2. The van der Waals surface area contributed by atoms with E-state index in [0.717, 1.165) is 10.0 Å². The number of nitrogens with zero attached hydrogens (tertiary/aromatic N) is 1. The van der Waals surface area contributed by atoms with E-state index in [-0.39, 0.29) is 24.8 Å². The minimum Gasteiger partial charge on any atom is -0.395 e. The number of amides is 1. The number of rotatable bonds is 7. The zero-order valence-corrected chi connectivity index (χ0v) is 14.6. The highest BCUT2D eigenvalue weighted by Crippen LogP contribution is 2.11. The largest absolute Gasteiger partial charge is 0.395 e. The Morgan fingerprint density at radius 2 is 1.67 bits per heavy atom. The summed E-state index contributed by atoms with van der Waals surface area (Å²) in [5.74, 6) is -0.544. The topological polar surface area (TPSA) is 57.6 Å². The summed E-state index contributed by atoms with van der Waals surface area (Å²) in [6.07, 6.45) is 2.52. The van der Waals surface area contributed by atoms with Gasteiger partial charge in [-0.3, -0.25) is 9.59 Å². The standard InChI is InChI=1S/C19H18BrNO3/c20-17-8-6-16(7-9-17)18(23)10-11-19(24)21(12-13-22)14-15-4-2-1-3-5-15/h1-11,22H,12-14H2/b11-10+. The van der Waals surface area contributed by atoms with Crippen molar-refractivity contribution in [3.8, 4) is 0 Å². The summed E-state index contributed by atoms with van der Waals surface area (Å²) in [5, 5.41) is 9.16. The van der Waals surface area contributed by atoms with Crippen molar-refractivity contribution in [3.05, 3.63) is 82.3 Å². The second-order valence-electron chi connectivity index (χ2n) is 5.17. The second-order valence-corrected chi connectivity index (χ2v) is 6.09. The maximum Gasteiger partial charge on any atom is 0.247 e. The van der Waals surface area contributed by atoms with E-state index < -0.39 is 0 Å². The van der Waals surface area contributed by atoms with Gasteiger partial charge in [0, 0.05) is 29.2 Å². The van der Waals surface area contributed by atoms with Crippen molar-refractivity contribution in [1.29, 1.82) is 0 Å². The van der Waals surface area contributed by atoms with Gasteiger partial charge >= 0.3 is 0 Å². The first-order chi connectivity index (χ1) is 11.6. The molecular weight excluding hydrogens is 370 g/mol. The van der Waals surface area contributed by atoms with E-state index in [1.807, 2.05) is 30.3 Å². The number of ketones is 1. The Morgan fingerprint density at radius 3 is 2.29 bits per heavy atom. The maximum absolute atomic E-state index is 12.3. The van der Waals surface area contributed by atoms with Crippen molar-refractivity contribution < 1.29 is 14.7 Å². The fourth-order valence-electron chi connectivity index (χ4n) is 2.15. The lowest BCUT2D eigenvalue weighted by Gasteiger charge is -2.20. The van der Waals surface area contributed by atoms with E-state index in [2.05, 4.69) is 15.9 Å². The molecule has 0 fully saturated rings. The van der Waals surface area contributed by atoms with E-state index in [1.54, 1.807) is 24.3 Å². The lowest BCUT2D eigenvalue weighted by atomic mass is 10.1. The summed E-state index contributed by atoms with van der Waals surface area (Å²) in [6, 6.07) is 16.4. The summed E-state index contributed by atoms with van der Waals surface area (Å²) < 4.78 is 0.885. The maximum atomic E-state index is 12.3. The molecule has 0 aliphatic heterocycles. The number of carbonyl (C=O) groups excluding carboxylic acids is 2. The number of halogens is 1. The molecule has 2 aromatic rings. The minimum atomic E-state index is -0.307. The highest BCUT2D eigenvalue weighted by Gasteiger charge is 2.11. The number of allylic oxidation sites excluding steroid dienone is 1. The summed E-state index contributed by atoms with van der Waals surface area (Å²) in [5.41, 5.74) is 1.48. The van der Waals surface area contributed by atoms with Gasteiger partial charge < -0.3 is 10.0 Å². The van der Waals surface area contributed by atoms with Gasteiger partial charge in [-0.15, -0.1) is 0 Å². The third kappa shape index (κ3) is 5.44. The van der Waals surface area contributed by atoms with Crippen molar-refractivity contribution in [1.82, 2.24) is 4.90 Å². The van der Waals surface area contributed by atoms with Gasteiger partial charge in [-0.05, 0) is 35.9 Å². The predicted molar refractivity (Wildman–Crippen MR) is 96.6 cm³/mol. The Morgan fingerprint density at radius 1 is 1.00 bits per heavy atom. The van der Waals surface area contributed by atoms with E-state index in [1.165, 1.54) is 17.1 Å². The fraction of sp³-hybridized carbons (Fsp3) is 0.158. The van der Waals surface area contributed by atoms with Crippen LogP contribution in [0.15, 0.2) is 71.2 Å². The smallest absolute Gasteiger partial charge is 0.247 e. The van der Waals surface area contributed by atoms with Crippen molar-refractivity contribution >= 4 is 27.6 Å². The SMILES string of the molecule is O=C(/C=C/C(=O)N(CCO)Cc1ccccc1)c1ccc(Br)cc1. The van der Waals surface area contributed by atoms with Gasteiger partial charge in [0.25, 0.3) is 0 Å². The average Bonchev–Trinajstić information content (AvgIpc) is 2.60. The third-order valence-electron chi connectivity index (χ3n) is 3.40. The van der Waals surface area contributed by atoms with Crippen LogP contribution in [0.4, 0.5) is 0 Å². The molecule has 124 valence electrons. The van der Waals surface area contributed by atoms with E-state index in [0.29, 0.717) is 12.1 Å². The van der Waals surface area contributed by atoms with Gasteiger partial charge in [-0.25, -0.2) is 0 Å². The summed E-state index contributed by atoms with van der Waals surface area (Å²) in [7, 11) is 0. The number of hydrogen-bond donors (Lipinski definition) is 1. The quantitative estimate of drug-likeness (QED) is 0.586. The van der Waals surface area contributed by atoms with Crippen molar-refractivity contribution in [3.63, 3.8) is 0 Å². The number of benzene rings is 2. The van der Waals surface area contributed by atoms with Gasteiger partial charge in [0.2, 0.25) is 5.91 Å². The molecule has 0 unspecified atom stereocenters. The van der Waals surface area contributed by atoms with Gasteiger partial charge in [0.05, 0.1) is 6.61 Å². The molecule has 2 rings (SSSR count). The molecule has 0 aromatic heterocycles. The van der Waals surface area contributed by atoms with E-state index in [9.17, 15) is 9.59 Å². The molecule has 4 nitrogen and oxygen atoms in total. The molecule has 1 N–H and O–H groups in total. The Balaban J connectivity index is 2.03. The summed E-state index contributed by atoms with van der Waals surface area (Å²) in [4.78, 5) is 25.9. The summed E-state index contributed by atoms with van der Waals surface area (Å²) in [6.45, 7) is 0.467. The zero-order chi connectivity index (χ0) is 17.4. The second kappa shape index (κ2) is 9.15. The molecule has 0 aliphatic carbocycles. The van der Waals surface area contributed by atoms with Crippen LogP contribution >= 0.6 is 15.9 Å². The molecule has 0 atom stereocenters. The van der Waals surface area contributed by atoms with Crippen LogP contribution in [0.5, 0.6) is 0 Å². The lowest BCUT2D eigenvalue weighted by molar-refractivity contribution is -0.127. The van der Waals surface area contributed by atoms with Gasteiger partial charge in [-0.1, -0.05) is 46.3 Å². The first-order valence-corrected chi connectivity index (χ1v) is 8.31. The number of aliphatic hydroxyl groups is 1. The number of hydrogen-bond acceptors (Lipinski definition) is 3. The number of aliphatic hydroxyl groups excluding tert-OH is 1. The van der Waals surface area contributed by atoms with Gasteiger partial charge in [0.15, 0.2) is 5.78 Å². The molecule has 0 heterocycles. The van der Waals surface area contributed by atoms with Crippen LogP contribution in [0.3, 0.4) is 0 Å². The average molecular weight is 388 g/mol. The molecular formula is C19H18BrNO3. The lowest BCUT2D eigenvalue weighted by Crippen LogP contribution is -2.31. The first kappa shape index (κ1) is 18.1. The third-order valence-corrected chi connectivity index (χ3v) is 3.93. The monoisotopic (exact) mass is 387 g/mol. The van der Waals surface area contributed by atoms with Crippen LogP contribution in [-0.4, -0.2) is 34.8 Å². The van der Waals surface area contributed by atoms with E-state index in [4.69, 9.17) is 5.11 Å².